The molecule has 7 nitrogen and oxygen atoms in total. The Bertz CT molecular complexity index is 1170. The summed E-state index contributed by atoms with van der Waals surface area (Å²) in [6.07, 6.45) is -4.79. The van der Waals surface area contributed by atoms with Gasteiger partial charge in [0, 0.05) is 26.6 Å². The maximum absolute atomic E-state index is 13.6. The minimum atomic E-state index is -4.79. The van der Waals surface area contributed by atoms with Crippen LogP contribution in [0.15, 0.2) is 52.9 Å². The van der Waals surface area contributed by atoms with Gasteiger partial charge in [0.2, 0.25) is 0 Å². The van der Waals surface area contributed by atoms with E-state index in [0.29, 0.717) is 21.6 Å². The number of nitrogens with one attached hydrogen (secondary N) is 2. The number of amides is 2. The first-order valence-electron chi connectivity index (χ1n) is 9.15. The van der Waals surface area contributed by atoms with Crippen LogP contribution in [-0.2, 0) is 4.79 Å². The number of benzene rings is 2. The quantitative estimate of drug-likeness (QED) is 0.411. The lowest BCUT2D eigenvalue weighted by atomic mass is 10.1. The maximum atomic E-state index is 13.6. The molecule has 168 valence electrons. The number of fused-ring (bicyclic) bond motifs is 1. The molecule has 0 fully saturated rings. The molecule has 32 heavy (non-hydrogen) atoms. The zero-order valence-corrected chi connectivity index (χ0v) is 17.8. The molecule has 0 radical (unpaired) electrons. The summed E-state index contributed by atoms with van der Waals surface area (Å²) in [6, 6.07) is 11.0. The molecule has 0 aliphatic heterocycles. The van der Waals surface area contributed by atoms with Crippen LogP contribution in [0.3, 0.4) is 0 Å². The third-order valence-electron chi connectivity index (χ3n) is 4.35. The van der Waals surface area contributed by atoms with E-state index in [1.807, 2.05) is 5.43 Å². The second-order valence-electron chi connectivity index (χ2n) is 6.39. The molecule has 0 atom stereocenters. The molecule has 0 unspecified atom stereocenters. The van der Waals surface area contributed by atoms with Crippen LogP contribution in [0.5, 0.6) is 11.5 Å². The van der Waals surface area contributed by atoms with Crippen molar-refractivity contribution in [2.45, 2.75) is 6.18 Å². The van der Waals surface area contributed by atoms with Crippen LogP contribution in [0, 0.1) is 0 Å². The van der Waals surface area contributed by atoms with Crippen LogP contribution < -0.4 is 20.2 Å². The van der Waals surface area contributed by atoms with Crippen molar-refractivity contribution < 1.29 is 32.2 Å². The lowest BCUT2D eigenvalue weighted by Gasteiger charge is -2.11. The largest absolute Gasteiger partial charge is 0.493 e. The SMILES string of the molecule is COc1ccc(C(=O)NCC(=O)NN=C(c2csc3ccccc23)C(F)(F)F)cc1OC. The Labute approximate surface area is 184 Å². The Balaban J connectivity index is 1.69. The van der Waals surface area contributed by atoms with Gasteiger partial charge >= 0.3 is 6.18 Å². The number of thiophene rings is 1. The minimum absolute atomic E-state index is 0.132. The van der Waals surface area contributed by atoms with Gasteiger partial charge in [-0.25, -0.2) is 5.43 Å². The molecule has 0 aliphatic rings. The number of hydrazone groups is 1. The standard InChI is InChI=1S/C21H18F3N3O4S/c1-30-15-8-7-12(9-16(15)31-2)20(29)25-10-18(28)26-27-19(21(22,23)24)14-11-32-17-6-4-3-5-13(14)17/h3-9,11H,10H2,1-2H3,(H,25,29)(H,26,28). The van der Waals surface area contributed by atoms with Crippen molar-refractivity contribution in [2.75, 3.05) is 20.8 Å². The smallest absolute Gasteiger partial charge is 0.435 e. The molecule has 1 heterocycles. The fourth-order valence-electron chi connectivity index (χ4n) is 2.84. The van der Waals surface area contributed by atoms with E-state index < -0.39 is 30.2 Å². The van der Waals surface area contributed by atoms with Crippen molar-refractivity contribution in [3.8, 4) is 11.5 Å². The average Bonchev–Trinajstić information content (AvgIpc) is 3.20. The second kappa shape index (κ2) is 9.69. The van der Waals surface area contributed by atoms with E-state index in [2.05, 4.69) is 10.4 Å². The lowest BCUT2D eigenvalue weighted by molar-refractivity contribution is -0.120. The Kier molecular flexibility index (Phi) is 6.98. The van der Waals surface area contributed by atoms with Crippen LogP contribution in [0.1, 0.15) is 15.9 Å². The first-order valence-corrected chi connectivity index (χ1v) is 10.0. The van der Waals surface area contributed by atoms with Gasteiger partial charge in [-0.2, -0.15) is 18.3 Å². The van der Waals surface area contributed by atoms with Crippen molar-refractivity contribution >= 4 is 38.9 Å². The van der Waals surface area contributed by atoms with Gasteiger partial charge in [0.05, 0.1) is 20.8 Å². The molecule has 0 aliphatic carbocycles. The summed E-state index contributed by atoms with van der Waals surface area (Å²) in [5.41, 5.74) is 0.685. The van der Waals surface area contributed by atoms with Crippen LogP contribution in [0.25, 0.3) is 10.1 Å². The zero-order chi connectivity index (χ0) is 23.3. The van der Waals surface area contributed by atoms with Crippen LogP contribution in [-0.4, -0.2) is 44.5 Å². The number of ether oxygens (including phenoxy) is 2. The second-order valence-corrected chi connectivity index (χ2v) is 7.30. The average molecular weight is 465 g/mol. The first kappa shape index (κ1) is 23.1. The summed E-state index contributed by atoms with van der Waals surface area (Å²) in [7, 11) is 2.84. The highest BCUT2D eigenvalue weighted by atomic mass is 32.1. The van der Waals surface area contributed by atoms with Crippen LogP contribution >= 0.6 is 11.3 Å². The highest BCUT2D eigenvalue weighted by Gasteiger charge is 2.38. The number of halogens is 3. The Morgan fingerprint density at radius 1 is 1.06 bits per heavy atom. The third-order valence-corrected chi connectivity index (χ3v) is 5.32. The number of carbonyl (C=O) groups is 2. The van der Waals surface area contributed by atoms with E-state index in [-0.39, 0.29) is 11.1 Å². The van der Waals surface area contributed by atoms with E-state index in [1.54, 1.807) is 24.3 Å². The number of alkyl halides is 3. The molecule has 0 spiro atoms. The number of hydrogen-bond acceptors (Lipinski definition) is 6. The van der Waals surface area contributed by atoms with Gasteiger partial charge in [0.1, 0.15) is 0 Å². The van der Waals surface area contributed by atoms with Crippen molar-refractivity contribution in [1.29, 1.82) is 0 Å². The molecule has 2 aromatic carbocycles. The van der Waals surface area contributed by atoms with Gasteiger partial charge in [0.15, 0.2) is 17.2 Å². The number of carbonyl (C=O) groups excluding carboxylic acids is 2. The maximum Gasteiger partial charge on any atom is 0.435 e. The van der Waals surface area contributed by atoms with E-state index in [0.717, 1.165) is 11.3 Å². The highest BCUT2D eigenvalue weighted by molar-refractivity contribution is 7.17. The summed E-state index contributed by atoms with van der Waals surface area (Å²) < 4.78 is 51.5. The first-order chi connectivity index (χ1) is 15.2. The molecular formula is C21H18F3N3O4S. The van der Waals surface area contributed by atoms with Gasteiger partial charge in [-0.15, -0.1) is 11.3 Å². The van der Waals surface area contributed by atoms with Crippen LogP contribution in [0.2, 0.25) is 0 Å². The lowest BCUT2D eigenvalue weighted by Crippen LogP contribution is -2.36. The molecule has 2 N–H and O–H groups in total. The fourth-order valence-corrected chi connectivity index (χ4v) is 3.78. The Morgan fingerprint density at radius 2 is 1.78 bits per heavy atom. The summed E-state index contributed by atoms with van der Waals surface area (Å²) in [4.78, 5) is 24.3. The summed E-state index contributed by atoms with van der Waals surface area (Å²) in [5, 5.41) is 7.33. The molecule has 0 saturated carbocycles. The van der Waals surface area contributed by atoms with Crippen molar-refractivity contribution in [1.82, 2.24) is 10.7 Å². The monoisotopic (exact) mass is 465 g/mol. The number of nitrogens with zero attached hydrogens (tertiary/aromatic N) is 1. The summed E-state index contributed by atoms with van der Waals surface area (Å²) >= 11 is 1.14. The number of methoxy groups -OCH3 is 2. The topological polar surface area (TPSA) is 89.0 Å². The van der Waals surface area contributed by atoms with E-state index in [1.165, 1.54) is 37.8 Å². The molecule has 3 aromatic rings. The molecule has 2 amide bonds. The summed E-state index contributed by atoms with van der Waals surface area (Å²) in [6.45, 7) is -0.577. The predicted octanol–water partition coefficient (Wildman–Crippen LogP) is 3.73. The molecule has 1 aromatic heterocycles. The molecular weight excluding hydrogens is 447 g/mol. The number of rotatable bonds is 7. The Hall–Kier alpha value is -3.60. The minimum Gasteiger partial charge on any atom is -0.493 e. The molecule has 0 saturated heterocycles. The van der Waals surface area contributed by atoms with Crippen molar-refractivity contribution in [2.24, 2.45) is 5.10 Å². The predicted molar refractivity (Wildman–Crippen MR) is 114 cm³/mol. The fraction of sp³-hybridized carbons (Fsp3) is 0.190. The highest BCUT2D eigenvalue weighted by Crippen LogP contribution is 2.31. The third kappa shape index (κ3) is 5.17. The van der Waals surface area contributed by atoms with E-state index in [4.69, 9.17) is 9.47 Å². The van der Waals surface area contributed by atoms with E-state index in [9.17, 15) is 22.8 Å². The van der Waals surface area contributed by atoms with Gasteiger partial charge in [0.25, 0.3) is 11.8 Å². The molecule has 3 rings (SSSR count). The summed E-state index contributed by atoms with van der Waals surface area (Å²) in [5.74, 6) is -0.811. The van der Waals surface area contributed by atoms with Gasteiger partial charge < -0.3 is 14.8 Å². The number of hydrogen-bond donors (Lipinski definition) is 2. The zero-order valence-electron chi connectivity index (χ0n) is 16.9. The van der Waals surface area contributed by atoms with Crippen molar-refractivity contribution in [3.63, 3.8) is 0 Å². The molecule has 0 bridgehead atoms. The van der Waals surface area contributed by atoms with E-state index >= 15 is 0 Å². The van der Waals surface area contributed by atoms with Crippen molar-refractivity contribution in [3.05, 3.63) is 59.0 Å². The normalized spacial score (nSPS) is 11.8. The van der Waals surface area contributed by atoms with Gasteiger partial charge in [-0.1, -0.05) is 18.2 Å². The van der Waals surface area contributed by atoms with Gasteiger partial charge in [-0.05, 0) is 24.3 Å². The molecule has 11 heteroatoms. The van der Waals surface area contributed by atoms with Crippen LogP contribution in [0.4, 0.5) is 13.2 Å². The Morgan fingerprint density at radius 3 is 2.47 bits per heavy atom. The van der Waals surface area contributed by atoms with Gasteiger partial charge in [-0.3, -0.25) is 9.59 Å².